The fourth-order valence-corrected chi connectivity index (χ4v) is 2.87. The molecule has 0 atom stereocenters. The monoisotopic (exact) mass is 398 g/mol. The summed E-state index contributed by atoms with van der Waals surface area (Å²) in [4.78, 5) is 24.4. The van der Waals surface area contributed by atoms with Crippen molar-refractivity contribution in [2.45, 2.75) is 20.3 Å². The van der Waals surface area contributed by atoms with E-state index < -0.39 is 0 Å². The summed E-state index contributed by atoms with van der Waals surface area (Å²) in [5.41, 5.74) is 2.37. The van der Waals surface area contributed by atoms with Gasteiger partial charge in [0.15, 0.2) is 11.5 Å². The number of benzene rings is 2. The number of carbonyl (C=O) groups is 2. The molecule has 1 aliphatic rings. The average Bonchev–Trinajstić information content (AvgIpc) is 2.97. The van der Waals surface area contributed by atoms with Crippen molar-refractivity contribution in [1.82, 2.24) is 0 Å². The van der Waals surface area contributed by atoms with Crippen molar-refractivity contribution in [1.29, 1.82) is 0 Å². The molecule has 28 heavy (non-hydrogen) atoms. The van der Waals surface area contributed by atoms with E-state index in [0.717, 1.165) is 5.56 Å². The van der Waals surface area contributed by atoms with Crippen molar-refractivity contribution in [3.8, 4) is 11.5 Å². The van der Waals surface area contributed by atoms with Gasteiger partial charge < -0.3 is 9.47 Å². The Morgan fingerprint density at radius 3 is 2.68 bits per heavy atom. The molecule has 0 spiro atoms. The highest BCUT2D eigenvalue weighted by Crippen LogP contribution is 2.31. The molecule has 0 aromatic heterocycles. The Bertz CT molecular complexity index is 998. The molecule has 0 saturated carbocycles. The first-order valence-corrected chi connectivity index (χ1v) is 9.06. The number of halogens is 1. The molecule has 0 unspecified atom stereocenters. The van der Waals surface area contributed by atoms with Gasteiger partial charge in [0.1, 0.15) is 0 Å². The van der Waals surface area contributed by atoms with Crippen LogP contribution in [0, 0.1) is 0 Å². The molecule has 0 bridgehead atoms. The lowest BCUT2D eigenvalue weighted by Gasteiger charge is -2.12. The van der Waals surface area contributed by atoms with E-state index >= 15 is 0 Å². The molecule has 144 valence electrons. The number of methoxy groups -OCH3 is 1. The predicted molar refractivity (Wildman–Crippen MR) is 109 cm³/mol. The molecular weight excluding hydrogens is 380 g/mol. The van der Waals surface area contributed by atoms with Crippen LogP contribution in [-0.2, 0) is 9.59 Å². The summed E-state index contributed by atoms with van der Waals surface area (Å²) in [6, 6.07) is 12.0. The van der Waals surface area contributed by atoms with E-state index in [0.29, 0.717) is 33.5 Å². The minimum atomic E-state index is -0.351. The molecule has 0 fully saturated rings. The number of nitrogens with zero attached hydrogens (tertiary/aromatic N) is 2. The Kier molecular flexibility index (Phi) is 5.80. The van der Waals surface area contributed by atoms with Crippen molar-refractivity contribution < 1.29 is 19.1 Å². The largest absolute Gasteiger partial charge is 0.493 e. The molecule has 7 heteroatoms. The van der Waals surface area contributed by atoms with E-state index in [2.05, 4.69) is 5.10 Å². The Morgan fingerprint density at radius 1 is 1.21 bits per heavy atom. The van der Waals surface area contributed by atoms with E-state index in [9.17, 15) is 9.59 Å². The molecular formula is C21H19ClN2O4. The van der Waals surface area contributed by atoms with Gasteiger partial charge >= 0.3 is 5.97 Å². The van der Waals surface area contributed by atoms with Crippen molar-refractivity contribution in [3.63, 3.8) is 0 Å². The van der Waals surface area contributed by atoms with E-state index in [1.165, 1.54) is 12.1 Å². The summed E-state index contributed by atoms with van der Waals surface area (Å²) >= 11 is 6.02. The molecule has 0 N–H and O–H groups in total. The fourth-order valence-electron chi connectivity index (χ4n) is 2.69. The maximum Gasteiger partial charge on any atom is 0.311 e. The fraction of sp³-hybridized carbons (Fsp3) is 0.190. The Balaban J connectivity index is 1.90. The number of hydrogen-bond acceptors (Lipinski definition) is 5. The molecule has 0 aliphatic carbocycles. The van der Waals surface area contributed by atoms with Gasteiger partial charge in [-0.3, -0.25) is 9.59 Å². The Labute approximate surface area is 168 Å². The van der Waals surface area contributed by atoms with Gasteiger partial charge in [0, 0.05) is 11.4 Å². The standard InChI is InChI=1S/C21H19ClN2O4/c1-4-20(25)28-18-9-8-14(11-19(18)27-3)10-17-13(2)23-24(21(17)26)16-7-5-6-15(22)12-16/h5-12H,4H2,1-3H3/b17-10+. The number of rotatable bonds is 5. The van der Waals surface area contributed by atoms with E-state index in [1.54, 1.807) is 62.4 Å². The van der Waals surface area contributed by atoms with Crippen LogP contribution >= 0.6 is 11.6 Å². The van der Waals surface area contributed by atoms with Gasteiger partial charge in [0.05, 0.1) is 24.1 Å². The highest BCUT2D eigenvalue weighted by molar-refractivity contribution is 6.33. The first kappa shape index (κ1) is 19.6. The van der Waals surface area contributed by atoms with Gasteiger partial charge in [-0.05, 0) is 48.9 Å². The zero-order chi connectivity index (χ0) is 20.3. The maximum atomic E-state index is 12.8. The molecule has 0 radical (unpaired) electrons. The lowest BCUT2D eigenvalue weighted by atomic mass is 10.1. The highest BCUT2D eigenvalue weighted by atomic mass is 35.5. The van der Waals surface area contributed by atoms with Gasteiger partial charge in [0.25, 0.3) is 5.91 Å². The van der Waals surface area contributed by atoms with Crippen LogP contribution in [0.1, 0.15) is 25.8 Å². The zero-order valence-corrected chi connectivity index (χ0v) is 16.5. The van der Waals surface area contributed by atoms with Crippen LogP contribution in [-0.4, -0.2) is 24.7 Å². The van der Waals surface area contributed by atoms with Crippen molar-refractivity contribution in [3.05, 3.63) is 58.6 Å². The Morgan fingerprint density at radius 2 is 2.00 bits per heavy atom. The number of amides is 1. The second kappa shape index (κ2) is 8.27. The number of ether oxygens (including phenoxy) is 2. The summed E-state index contributed by atoms with van der Waals surface area (Å²) in [6.45, 7) is 3.48. The van der Waals surface area contributed by atoms with E-state index in [4.69, 9.17) is 21.1 Å². The normalized spacial score (nSPS) is 15.0. The third-order valence-electron chi connectivity index (χ3n) is 4.13. The Hall–Kier alpha value is -3.12. The summed E-state index contributed by atoms with van der Waals surface area (Å²) in [5.74, 6) is 0.138. The first-order chi connectivity index (χ1) is 13.4. The molecule has 1 amide bonds. The molecule has 6 nitrogen and oxygen atoms in total. The van der Waals surface area contributed by atoms with E-state index in [1.807, 2.05) is 0 Å². The van der Waals surface area contributed by atoms with Crippen LogP contribution in [0.15, 0.2) is 53.1 Å². The first-order valence-electron chi connectivity index (χ1n) is 8.69. The smallest absolute Gasteiger partial charge is 0.311 e. The summed E-state index contributed by atoms with van der Waals surface area (Å²) in [5, 5.41) is 6.19. The molecule has 1 aliphatic heterocycles. The molecule has 2 aromatic rings. The van der Waals surface area contributed by atoms with Crippen molar-refractivity contribution >= 4 is 41.0 Å². The van der Waals surface area contributed by atoms with Gasteiger partial charge in [0.2, 0.25) is 0 Å². The van der Waals surface area contributed by atoms with Crippen molar-refractivity contribution in [2.75, 3.05) is 12.1 Å². The maximum absolute atomic E-state index is 12.8. The third-order valence-corrected chi connectivity index (χ3v) is 4.36. The predicted octanol–water partition coefficient (Wildman–Crippen LogP) is 4.47. The van der Waals surface area contributed by atoms with Crippen LogP contribution in [0.4, 0.5) is 5.69 Å². The molecule has 3 rings (SSSR count). The van der Waals surface area contributed by atoms with Gasteiger partial charge in [-0.1, -0.05) is 30.7 Å². The molecule has 2 aromatic carbocycles. The zero-order valence-electron chi connectivity index (χ0n) is 15.7. The van der Waals surface area contributed by atoms with Crippen LogP contribution < -0.4 is 14.5 Å². The SMILES string of the molecule is CCC(=O)Oc1ccc(/C=C2/C(=O)N(c3cccc(Cl)c3)N=C2C)cc1OC. The number of carbonyl (C=O) groups excluding carboxylic acids is 2. The summed E-state index contributed by atoms with van der Waals surface area (Å²) in [7, 11) is 1.49. The quantitative estimate of drug-likeness (QED) is 0.423. The lowest BCUT2D eigenvalue weighted by Crippen LogP contribution is -2.21. The second-order valence-electron chi connectivity index (χ2n) is 6.08. The summed E-state index contributed by atoms with van der Waals surface area (Å²) < 4.78 is 10.5. The second-order valence-corrected chi connectivity index (χ2v) is 6.51. The van der Waals surface area contributed by atoms with Gasteiger partial charge in [-0.2, -0.15) is 10.1 Å². The van der Waals surface area contributed by atoms with Crippen LogP contribution in [0.2, 0.25) is 5.02 Å². The third kappa shape index (κ3) is 4.07. The molecule has 1 heterocycles. The van der Waals surface area contributed by atoms with Crippen LogP contribution in [0.3, 0.4) is 0 Å². The number of hydrogen-bond donors (Lipinski definition) is 0. The minimum Gasteiger partial charge on any atom is -0.493 e. The molecule has 0 saturated heterocycles. The lowest BCUT2D eigenvalue weighted by molar-refractivity contribution is -0.134. The van der Waals surface area contributed by atoms with Crippen LogP contribution in [0.5, 0.6) is 11.5 Å². The van der Waals surface area contributed by atoms with E-state index in [-0.39, 0.29) is 18.3 Å². The van der Waals surface area contributed by atoms with Crippen molar-refractivity contribution in [2.24, 2.45) is 5.10 Å². The average molecular weight is 399 g/mol. The van der Waals surface area contributed by atoms with Crippen LogP contribution in [0.25, 0.3) is 6.08 Å². The van der Waals surface area contributed by atoms with Gasteiger partial charge in [-0.25, -0.2) is 0 Å². The van der Waals surface area contributed by atoms with Gasteiger partial charge in [-0.15, -0.1) is 0 Å². The summed E-state index contributed by atoms with van der Waals surface area (Å²) in [6.07, 6.45) is 1.98. The number of hydrazone groups is 1. The topological polar surface area (TPSA) is 68.2 Å². The highest BCUT2D eigenvalue weighted by Gasteiger charge is 2.28. The number of esters is 1. The minimum absolute atomic E-state index is 0.250. The number of anilines is 1.